The Morgan fingerprint density at radius 3 is 1.89 bits per heavy atom. The topological polar surface area (TPSA) is 53.7 Å². The van der Waals surface area contributed by atoms with Crippen LogP contribution in [0.15, 0.2) is 12.1 Å². The second kappa shape index (κ2) is 5.48. The third-order valence-corrected chi connectivity index (χ3v) is 3.00. The highest BCUT2D eigenvalue weighted by Gasteiger charge is 2.27. The van der Waals surface area contributed by atoms with Gasteiger partial charge in [0.05, 0.1) is 21.3 Å². The van der Waals surface area contributed by atoms with Crippen LogP contribution in [0.2, 0.25) is 0 Å². The van der Waals surface area contributed by atoms with E-state index in [4.69, 9.17) is 19.9 Å². The van der Waals surface area contributed by atoms with Gasteiger partial charge in [0.25, 0.3) is 0 Å². The van der Waals surface area contributed by atoms with Gasteiger partial charge in [-0.3, -0.25) is 0 Å². The van der Waals surface area contributed by atoms with Crippen LogP contribution in [0.5, 0.6) is 17.2 Å². The standard InChI is InChI=1S/C14H23NO3/c1-14(2,3)13(15)9-7-8-10(16-4)12(18-6)11(9)17-5/h7-8,13H,15H2,1-6H3/t13-/m1/s1. The van der Waals surface area contributed by atoms with Gasteiger partial charge in [-0.15, -0.1) is 0 Å². The molecule has 2 N–H and O–H groups in total. The zero-order chi connectivity index (χ0) is 13.9. The van der Waals surface area contributed by atoms with Crippen molar-refractivity contribution in [3.63, 3.8) is 0 Å². The quantitative estimate of drug-likeness (QED) is 0.896. The van der Waals surface area contributed by atoms with Gasteiger partial charge in [0.15, 0.2) is 11.5 Å². The van der Waals surface area contributed by atoms with E-state index in [2.05, 4.69) is 20.8 Å². The predicted molar refractivity (Wildman–Crippen MR) is 72.5 cm³/mol. The smallest absolute Gasteiger partial charge is 0.203 e. The van der Waals surface area contributed by atoms with E-state index < -0.39 is 0 Å². The summed E-state index contributed by atoms with van der Waals surface area (Å²) in [6.07, 6.45) is 0. The average molecular weight is 253 g/mol. The van der Waals surface area contributed by atoms with Crippen molar-refractivity contribution in [3.05, 3.63) is 17.7 Å². The molecular formula is C14H23NO3. The van der Waals surface area contributed by atoms with Gasteiger partial charge in [0.1, 0.15) is 0 Å². The summed E-state index contributed by atoms with van der Waals surface area (Å²) < 4.78 is 16.1. The molecule has 0 radical (unpaired) electrons. The van der Waals surface area contributed by atoms with E-state index in [1.165, 1.54) is 0 Å². The lowest BCUT2D eigenvalue weighted by Gasteiger charge is -2.29. The van der Waals surface area contributed by atoms with Crippen LogP contribution in [0.4, 0.5) is 0 Å². The van der Waals surface area contributed by atoms with Crippen LogP contribution < -0.4 is 19.9 Å². The van der Waals surface area contributed by atoms with Crippen molar-refractivity contribution in [1.82, 2.24) is 0 Å². The lowest BCUT2D eigenvalue weighted by Crippen LogP contribution is -2.26. The Hall–Kier alpha value is -1.42. The van der Waals surface area contributed by atoms with Crippen molar-refractivity contribution in [2.75, 3.05) is 21.3 Å². The monoisotopic (exact) mass is 253 g/mol. The molecule has 0 saturated carbocycles. The molecule has 4 nitrogen and oxygen atoms in total. The van der Waals surface area contributed by atoms with Crippen molar-refractivity contribution in [3.8, 4) is 17.2 Å². The normalized spacial score (nSPS) is 13.1. The molecule has 1 atom stereocenters. The second-order valence-electron chi connectivity index (χ2n) is 5.27. The summed E-state index contributed by atoms with van der Waals surface area (Å²) in [5.41, 5.74) is 7.14. The summed E-state index contributed by atoms with van der Waals surface area (Å²) in [5, 5.41) is 0. The Morgan fingerprint density at radius 2 is 1.50 bits per heavy atom. The number of ether oxygens (including phenoxy) is 3. The minimum atomic E-state index is -0.146. The third-order valence-electron chi connectivity index (χ3n) is 3.00. The molecule has 0 aliphatic carbocycles. The summed E-state index contributed by atoms with van der Waals surface area (Å²) in [7, 11) is 4.80. The van der Waals surface area contributed by atoms with Crippen molar-refractivity contribution in [2.45, 2.75) is 26.8 Å². The highest BCUT2D eigenvalue weighted by atomic mass is 16.5. The van der Waals surface area contributed by atoms with E-state index >= 15 is 0 Å². The van der Waals surface area contributed by atoms with Crippen LogP contribution in [0.3, 0.4) is 0 Å². The Kier molecular flexibility index (Phi) is 4.46. The molecule has 0 bridgehead atoms. The minimum Gasteiger partial charge on any atom is -0.493 e. The van der Waals surface area contributed by atoms with Crippen molar-refractivity contribution in [2.24, 2.45) is 11.1 Å². The third kappa shape index (κ3) is 2.70. The Balaban J connectivity index is 3.38. The van der Waals surface area contributed by atoms with Crippen LogP contribution in [-0.4, -0.2) is 21.3 Å². The van der Waals surface area contributed by atoms with Gasteiger partial charge in [0, 0.05) is 11.6 Å². The van der Waals surface area contributed by atoms with E-state index in [0.717, 1.165) is 5.56 Å². The van der Waals surface area contributed by atoms with Crippen molar-refractivity contribution < 1.29 is 14.2 Å². The Morgan fingerprint density at radius 1 is 0.944 bits per heavy atom. The summed E-state index contributed by atoms with van der Waals surface area (Å²) in [6, 6.07) is 3.63. The van der Waals surface area contributed by atoms with Gasteiger partial charge in [-0.25, -0.2) is 0 Å². The average Bonchev–Trinajstić information content (AvgIpc) is 2.34. The van der Waals surface area contributed by atoms with Crippen molar-refractivity contribution >= 4 is 0 Å². The Bertz CT molecular complexity index is 410. The first-order chi connectivity index (χ1) is 8.36. The van der Waals surface area contributed by atoms with E-state index in [1.807, 2.05) is 12.1 Å². The van der Waals surface area contributed by atoms with Gasteiger partial charge in [-0.1, -0.05) is 20.8 Å². The first kappa shape index (κ1) is 14.6. The summed E-state index contributed by atoms with van der Waals surface area (Å²) >= 11 is 0. The molecule has 0 heterocycles. The van der Waals surface area contributed by atoms with E-state index in [-0.39, 0.29) is 11.5 Å². The van der Waals surface area contributed by atoms with Gasteiger partial charge in [-0.2, -0.15) is 0 Å². The van der Waals surface area contributed by atoms with Crippen LogP contribution >= 0.6 is 0 Å². The van der Waals surface area contributed by atoms with E-state index in [1.54, 1.807) is 21.3 Å². The summed E-state index contributed by atoms with van der Waals surface area (Å²) in [4.78, 5) is 0. The Labute approximate surface area is 109 Å². The lowest BCUT2D eigenvalue weighted by atomic mass is 9.82. The van der Waals surface area contributed by atoms with Crippen LogP contribution in [0.25, 0.3) is 0 Å². The van der Waals surface area contributed by atoms with Gasteiger partial charge >= 0.3 is 0 Å². The molecule has 1 rings (SSSR count). The molecule has 4 heteroatoms. The highest BCUT2D eigenvalue weighted by molar-refractivity contribution is 5.56. The number of methoxy groups -OCH3 is 3. The fourth-order valence-corrected chi connectivity index (χ4v) is 1.84. The molecule has 0 amide bonds. The molecule has 0 aliphatic rings. The fourth-order valence-electron chi connectivity index (χ4n) is 1.84. The van der Waals surface area contributed by atoms with Crippen LogP contribution in [0, 0.1) is 5.41 Å². The molecule has 0 aliphatic heterocycles. The SMILES string of the molecule is COc1ccc([C@@H](N)C(C)(C)C)c(OC)c1OC. The number of hydrogen-bond acceptors (Lipinski definition) is 4. The molecule has 0 fully saturated rings. The van der Waals surface area contributed by atoms with E-state index in [0.29, 0.717) is 17.2 Å². The predicted octanol–water partition coefficient (Wildman–Crippen LogP) is 2.76. The van der Waals surface area contributed by atoms with Gasteiger partial charge < -0.3 is 19.9 Å². The van der Waals surface area contributed by atoms with E-state index in [9.17, 15) is 0 Å². The second-order valence-corrected chi connectivity index (χ2v) is 5.27. The number of hydrogen-bond donors (Lipinski definition) is 1. The van der Waals surface area contributed by atoms with Crippen LogP contribution in [0.1, 0.15) is 32.4 Å². The van der Waals surface area contributed by atoms with Gasteiger partial charge in [-0.05, 0) is 17.5 Å². The highest BCUT2D eigenvalue weighted by Crippen LogP contribution is 2.44. The lowest BCUT2D eigenvalue weighted by molar-refractivity contribution is 0.296. The maximum Gasteiger partial charge on any atom is 0.203 e. The summed E-state index contributed by atoms with van der Waals surface area (Å²) in [5.74, 6) is 1.86. The number of benzene rings is 1. The molecule has 18 heavy (non-hydrogen) atoms. The number of rotatable bonds is 4. The molecule has 0 spiro atoms. The van der Waals surface area contributed by atoms with Crippen LogP contribution in [-0.2, 0) is 0 Å². The fraction of sp³-hybridized carbons (Fsp3) is 0.571. The minimum absolute atomic E-state index is 0.0626. The molecular weight excluding hydrogens is 230 g/mol. The van der Waals surface area contributed by atoms with Crippen molar-refractivity contribution in [1.29, 1.82) is 0 Å². The molecule has 0 saturated heterocycles. The molecule has 0 aromatic heterocycles. The largest absolute Gasteiger partial charge is 0.493 e. The molecule has 0 unspecified atom stereocenters. The molecule has 1 aromatic rings. The molecule has 1 aromatic carbocycles. The maximum absolute atomic E-state index is 6.29. The van der Waals surface area contributed by atoms with Gasteiger partial charge in [0.2, 0.25) is 5.75 Å². The molecule has 102 valence electrons. The number of nitrogens with two attached hydrogens (primary N) is 1. The zero-order valence-electron chi connectivity index (χ0n) is 12.0. The first-order valence-corrected chi connectivity index (χ1v) is 5.91. The maximum atomic E-state index is 6.29. The summed E-state index contributed by atoms with van der Waals surface area (Å²) in [6.45, 7) is 6.27. The first-order valence-electron chi connectivity index (χ1n) is 5.91. The zero-order valence-corrected chi connectivity index (χ0v) is 12.0.